The molecule has 1 aromatic rings. The third-order valence-corrected chi connectivity index (χ3v) is 6.40. The molecule has 4 rings (SSSR count). The van der Waals surface area contributed by atoms with Crippen molar-refractivity contribution in [3.8, 4) is 5.75 Å². The highest BCUT2D eigenvalue weighted by Gasteiger charge is 2.47. The molecule has 0 N–H and O–H groups in total. The molecule has 1 heterocycles. The van der Waals surface area contributed by atoms with Crippen LogP contribution in [0, 0.1) is 5.92 Å². The summed E-state index contributed by atoms with van der Waals surface area (Å²) in [5.74, 6) is 1.53. The van der Waals surface area contributed by atoms with E-state index in [2.05, 4.69) is 32.9 Å². The molecular weight excluding hydrogens is 300 g/mol. The second kappa shape index (κ2) is 5.37. The third kappa shape index (κ3) is 2.00. The number of methoxy groups -OCH3 is 1. The van der Waals surface area contributed by atoms with Crippen LogP contribution in [0.2, 0.25) is 0 Å². The van der Waals surface area contributed by atoms with Crippen molar-refractivity contribution >= 4 is 5.97 Å². The minimum absolute atomic E-state index is 0.0157. The molecule has 1 fully saturated rings. The topological polar surface area (TPSA) is 35.5 Å². The van der Waals surface area contributed by atoms with Crippen LogP contribution in [-0.4, -0.2) is 19.7 Å². The minimum atomic E-state index is -0.0157. The van der Waals surface area contributed by atoms with Crippen molar-refractivity contribution < 1.29 is 14.3 Å². The normalized spacial score (nSPS) is 28.4. The van der Waals surface area contributed by atoms with Crippen LogP contribution in [0.4, 0.5) is 0 Å². The zero-order valence-electron chi connectivity index (χ0n) is 15.1. The Morgan fingerprint density at radius 1 is 1.29 bits per heavy atom. The molecule has 0 amide bonds. The van der Waals surface area contributed by atoms with Crippen LogP contribution in [-0.2, 0) is 21.4 Å². The minimum Gasteiger partial charge on any atom is -0.496 e. The zero-order valence-corrected chi connectivity index (χ0v) is 15.1. The maximum Gasteiger partial charge on any atom is 0.313 e. The summed E-state index contributed by atoms with van der Waals surface area (Å²) in [5, 5.41) is 0. The number of fused-ring (bicyclic) bond motifs is 4. The van der Waals surface area contributed by atoms with Gasteiger partial charge in [-0.05, 0) is 53.9 Å². The lowest BCUT2D eigenvalue weighted by Crippen LogP contribution is -2.37. The summed E-state index contributed by atoms with van der Waals surface area (Å²) in [5.41, 5.74) is 6.82. The van der Waals surface area contributed by atoms with Crippen molar-refractivity contribution in [3.63, 3.8) is 0 Å². The zero-order chi connectivity index (χ0) is 17.1. The van der Waals surface area contributed by atoms with E-state index in [1.54, 1.807) is 7.11 Å². The number of carbonyl (C=O) groups is 1. The standard InChI is InChI=1S/C21H26O3/c1-12(2)13-5-7-17-15(19(13)23-4)6-8-18-16-11-24-20(22)14(16)9-10-21(17,18)3/h5,7,12,14H,6,8-11H2,1-4H3. The summed E-state index contributed by atoms with van der Waals surface area (Å²) in [6.45, 7) is 7.29. The highest BCUT2D eigenvalue weighted by atomic mass is 16.5. The Hall–Kier alpha value is -1.77. The predicted molar refractivity (Wildman–Crippen MR) is 93.5 cm³/mol. The molecule has 3 nitrogen and oxygen atoms in total. The van der Waals surface area contributed by atoms with Gasteiger partial charge in [0.15, 0.2) is 0 Å². The van der Waals surface area contributed by atoms with Gasteiger partial charge in [-0.15, -0.1) is 0 Å². The van der Waals surface area contributed by atoms with Gasteiger partial charge < -0.3 is 9.47 Å². The SMILES string of the molecule is COc1c(C(C)C)ccc2c1CCC1=C3COC(=O)C3CCC12C. The fourth-order valence-corrected chi connectivity index (χ4v) is 5.11. The Kier molecular flexibility index (Phi) is 3.52. The number of esters is 1. The fourth-order valence-electron chi connectivity index (χ4n) is 5.11. The van der Waals surface area contributed by atoms with Crippen molar-refractivity contribution in [2.24, 2.45) is 5.92 Å². The first-order valence-corrected chi connectivity index (χ1v) is 9.06. The van der Waals surface area contributed by atoms with Gasteiger partial charge in [-0.25, -0.2) is 0 Å². The lowest BCUT2D eigenvalue weighted by atomic mass is 9.59. The quantitative estimate of drug-likeness (QED) is 0.601. The maximum absolute atomic E-state index is 12.0. The van der Waals surface area contributed by atoms with Crippen LogP contribution < -0.4 is 4.74 Å². The highest BCUT2D eigenvalue weighted by molar-refractivity contribution is 5.80. The van der Waals surface area contributed by atoms with E-state index in [0.717, 1.165) is 31.4 Å². The van der Waals surface area contributed by atoms with Gasteiger partial charge >= 0.3 is 5.97 Å². The number of allylic oxidation sites excluding steroid dienone is 1. The summed E-state index contributed by atoms with van der Waals surface area (Å²) in [6, 6.07) is 4.55. The van der Waals surface area contributed by atoms with E-state index in [-0.39, 0.29) is 17.3 Å². The van der Waals surface area contributed by atoms with E-state index in [1.807, 2.05) is 0 Å². The first kappa shape index (κ1) is 15.7. The van der Waals surface area contributed by atoms with Crippen LogP contribution in [0.3, 0.4) is 0 Å². The lowest BCUT2D eigenvalue weighted by Gasteiger charge is -2.44. The molecule has 0 aromatic heterocycles. The molecule has 3 aliphatic rings. The number of hydrogen-bond donors (Lipinski definition) is 0. The molecule has 128 valence electrons. The van der Waals surface area contributed by atoms with E-state index in [9.17, 15) is 4.79 Å². The lowest BCUT2D eigenvalue weighted by molar-refractivity contribution is -0.141. The van der Waals surface area contributed by atoms with Crippen molar-refractivity contribution in [3.05, 3.63) is 40.0 Å². The fraction of sp³-hybridized carbons (Fsp3) is 0.571. The molecular formula is C21H26O3. The van der Waals surface area contributed by atoms with Gasteiger partial charge in [0, 0.05) is 5.41 Å². The Bertz CT molecular complexity index is 744. The number of benzene rings is 1. The Balaban J connectivity index is 1.89. The molecule has 2 atom stereocenters. The molecule has 1 saturated heterocycles. The van der Waals surface area contributed by atoms with Crippen molar-refractivity contribution in [2.75, 3.05) is 13.7 Å². The molecule has 0 saturated carbocycles. The van der Waals surface area contributed by atoms with Gasteiger partial charge in [0.05, 0.1) is 13.0 Å². The maximum atomic E-state index is 12.0. The molecule has 2 unspecified atom stereocenters. The monoisotopic (exact) mass is 326 g/mol. The average molecular weight is 326 g/mol. The Labute approximate surface area is 144 Å². The van der Waals surface area contributed by atoms with E-state index in [0.29, 0.717) is 12.5 Å². The Morgan fingerprint density at radius 2 is 2.08 bits per heavy atom. The molecule has 2 aliphatic carbocycles. The summed E-state index contributed by atoms with van der Waals surface area (Å²) < 4.78 is 11.2. The van der Waals surface area contributed by atoms with Gasteiger partial charge in [0.2, 0.25) is 0 Å². The van der Waals surface area contributed by atoms with Crippen molar-refractivity contribution in [1.82, 2.24) is 0 Å². The number of ether oxygens (including phenoxy) is 2. The van der Waals surface area contributed by atoms with Crippen LogP contribution in [0.1, 0.15) is 62.6 Å². The average Bonchev–Trinajstić information content (AvgIpc) is 2.94. The second-order valence-corrected chi connectivity index (χ2v) is 7.90. The third-order valence-electron chi connectivity index (χ3n) is 6.40. The molecule has 0 radical (unpaired) electrons. The van der Waals surface area contributed by atoms with Crippen molar-refractivity contribution in [1.29, 1.82) is 0 Å². The van der Waals surface area contributed by atoms with Gasteiger partial charge in [-0.3, -0.25) is 4.79 Å². The predicted octanol–water partition coefficient (Wildman–Crippen LogP) is 4.29. The summed E-state index contributed by atoms with van der Waals surface area (Å²) in [4.78, 5) is 12.0. The van der Waals surface area contributed by atoms with Gasteiger partial charge in [-0.1, -0.05) is 38.5 Å². The molecule has 1 aromatic carbocycles. The number of carbonyl (C=O) groups excluding carboxylic acids is 1. The van der Waals surface area contributed by atoms with E-state index in [1.165, 1.54) is 27.8 Å². The Morgan fingerprint density at radius 3 is 2.79 bits per heavy atom. The van der Waals surface area contributed by atoms with Crippen LogP contribution in [0.25, 0.3) is 0 Å². The van der Waals surface area contributed by atoms with Gasteiger partial charge in [0.1, 0.15) is 12.4 Å². The number of rotatable bonds is 2. The largest absolute Gasteiger partial charge is 0.496 e. The van der Waals surface area contributed by atoms with Crippen molar-refractivity contribution in [2.45, 2.75) is 57.8 Å². The highest BCUT2D eigenvalue weighted by Crippen LogP contribution is 2.54. The molecule has 0 bridgehead atoms. The van der Waals surface area contributed by atoms with E-state index in [4.69, 9.17) is 9.47 Å². The van der Waals surface area contributed by atoms with E-state index < -0.39 is 0 Å². The van der Waals surface area contributed by atoms with Gasteiger partial charge in [-0.2, -0.15) is 0 Å². The van der Waals surface area contributed by atoms with Crippen LogP contribution >= 0.6 is 0 Å². The number of hydrogen-bond acceptors (Lipinski definition) is 3. The van der Waals surface area contributed by atoms with E-state index >= 15 is 0 Å². The molecule has 0 spiro atoms. The summed E-state index contributed by atoms with van der Waals surface area (Å²) in [7, 11) is 1.79. The first-order valence-electron chi connectivity index (χ1n) is 9.06. The summed E-state index contributed by atoms with van der Waals surface area (Å²) in [6.07, 6.45) is 3.93. The number of cyclic esters (lactones) is 1. The first-order chi connectivity index (χ1) is 11.5. The molecule has 24 heavy (non-hydrogen) atoms. The summed E-state index contributed by atoms with van der Waals surface area (Å²) >= 11 is 0. The molecule has 3 heteroatoms. The molecule has 1 aliphatic heterocycles. The van der Waals surface area contributed by atoms with Crippen LogP contribution in [0.15, 0.2) is 23.3 Å². The smallest absolute Gasteiger partial charge is 0.313 e. The van der Waals surface area contributed by atoms with Crippen LogP contribution in [0.5, 0.6) is 5.75 Å². The van der Waals surface area contributed by atoms with Gasteiger partial charge in [0.25, 0.3) is 0 Å². The second-order valence-electron chi connectivity index (χ2n) is 7.90.